The Morgan fingerprint density at radius 1 is 1.00 bits per heavy atom. The number of carbonyl (C=O) groups is 1. The number of nitrogens with zero attached hydrogens (tertiary/aromatic N) is 2. The zero-order valence-electron chi connectivity index (χ0n) is 19.7. The normalized spacial score (nSPS) is 21.4. The molecule has 0 unspecified atom stereocenters. The maximum atomic E-state index is 13.3. The Kier molecular flexibility index (Phi) is 9.40. The van der Waals surface area contributed by atoms with E-state index in [9.17, 15) is 15.3 Å². The molecule has 3 rings (SSSR count). The lowest BCUT2D eigenvalue weighted by Gasteiger charge is -2.39. The van der Waals surface area contributed by atoms with Crippen molar-refractivity contribution in [2.45, 2.75) is 44.4 Å². The average molecular weight is 445 g/mol. The number of nitriles is 2. The third-order valence-corrected chi connectivity index (χ3v) is 6.10. The fraction of sp³-hybridized carbons (Fsp3) is 0.393. The monoisotopic (exact) mass is 444 g/mol. The minimum Gasteiger partial charge on any atom is -0.468 e. The van der Waals surface area contributed by atoms with Crippen LogP contribution in [0.1, 0.15) is 50.2 Å². The number of methoxy groups -OCH3 is 1. The van der Waals surface area contributed by atoms with Crippen molar-refractivity contribution in [1.29, 1.82) is 10.5 Å². The van der Waals surface area contributed by atoms with Crippen LogP contribution in [0.15, 0.2) is 72.8 Å². The second-order valence-electron chi connectivity index (χ2n) is 8.19. The Labute approximate surface area is 197 Å². The van der Waals surface area contributed by atoms with Crippen LogP contribution in [-0.4, -0.2) is 26.3 Å². The lowest BCUT2D eigenvalue weighted by atomic mass is 9.63. The van der Waals surface area contributed by atoms with Crippen molar-refractivity contribution >= 4 is 5.97 Å². The minimum atomic E-state index is -1.23. The molecule has 5 heteroatoms. The quantitative estimate of drug-likeness (QED) is 0.336. The Balaban J connectivity index is 0.000000696. The summed E-state index contributed by atoms with van der Waals surface area (Å²) in [6, 6.07) is 23.5. The smallest absolute Gasteiger partial charge is 0.317 e. The predicted molar refractivity (Wildman–Crippen MR) is 128 cm³/mol. The van der Waals surface area contributed by atoms with E-state index in [1.807, 2.05) is 74.5 Å². The lowest BCUT2D eigenvalue weighted by molar-refractivity contribution is -0.148. The summed E-state index contributed by atoms with van der Waals surface area (Å²) in [7, 11) is 1.38. The van der Waals surface area contributed by atoms with E-state index >= 15 is 0 Å². The van der Waals surface area contributed by atoms with E-state index in [0.29, 0.717) is 12.0 Å². The molecule has 0 aliphatic heterocycles. The highest BCUT2D eigenvalue weighted by Gasteiger charge is 2.54. The summed E-state index contributed by atoms with van der Waals surface area (Å²) in [5.41, 5.74) is 0.132. The van der Waals surface area contributed by atoms with Crippen molar-refractivity contribution in [1.82, 2.24) is 0 Å². The SMILES string of the molecule is C=C1CC(C#N)(C#N)C[C@@H](c2ccccc2)[C@@](C(=O)OC)(c2ccccc2)C1.CCOCC. The van der Waals surface area contributed by atoms with Gasteiger partial charge in [0.1, 0.15) is 10.8 Å². The van der Waals surface area contributed by atoms with Gasteiger partial charge in [-0.05, 0) is 44.2 Å². The van der Waals surface area contributed by atoms with Crippen LogP contribution in [0.3, 0.4) is 0 Å². The average Bonchev–Trinajstić information content (AvgIpc) is 3.00. The van der Waals surface area contributed by atoms with Crippen molar-refractivity contribution in [3.8, 4) is 12.1 Å². The van der Waals surface area contributed by atoms with Gasteiger partial charge in [0.05, 0.1) is 19.2 Å². The first kappa shape index (κ1) is 25.8. The predicted octanol–water partition coefficient (Wildman–Crippen LogP) is 5.70. The molecule has 1 aliphatic carbocycles. The Morgan fingerprint density at radius 3 is 2.00 bits per heavy atom. The van der Waals surface area contributed by atoms with Gasteiger partial charge in [-0.1, -0.05) is 72.8 Å². The second kappa shape index (κ2) is 12.0. The summed E-state index contributed by atoms with van der Waals surface area (Å²) in [5, 5.41) is 19.7. The first-order valence-electron chi connectivity index (χ1n) is 11.2. The molecule has 1 saturated carbocycles. The molecule has 2 aromatic rings. The van der Waals surface area contributed by atoms with Gasteiger partial charge in [0.15, 0.2) is 0 Å². The van der Waals surface area contributed by atoms with Crippen LogP contribution in [0.25, 0.3) is 0 Å². The topological polar surface area (TPSA) is 83.1 Å². The molecule has 172 valence electrons. The Morgan fingerprint density at radius 2 is 1.55 bits per heavy atom. The van der Waals surface area contributed by atoms with Crippen LogP contribution in [0.4, 0.5) is 0 Å². The van der Waals surface area contributed by atoms with E-state index in [0.717, 1.165) is 24.3 Å². The molecule has 0 spiro atoms. The summed E-state index contributed by atoms with van der Waals surface area (Å²) >= 11 is 0. The number of hydrogen-bond donors (Lipinski definition) is 0. The van der Waals surface area contributed by atoms with Gasteiger partial charge >= 0.3 is 5.97 Å². The summed E-state index contributed by atoms with van der Waals surface area (Å²) in [4.78, 5) is 13.3. The van der Waals surface area contributed by atoms with Crippen LogP contribution < -0.4 is 0 Å². The largest absolute Gasteiger partial charge is 0.468 e. The van der Waals surface area contributed by atoms with Crippen molar-refractivity contribution < 1.29 is 14.3 Å². The van der Waals surface area contributed by atoms with Crippen molar-refractivity contribution in [3.05, 3.63) is 83.9 Å². The van der Waals surface area contributed by atoms with Crippen LogP contribution in [-0.2, 0) is 19.7 Å². The molecule has 0 aromatic heterocycles. The van der Waals surface area contributed by atoms with E-state index in [2.05, 4.69) is 18.7 Å². The molecule has 0 bridgehead atoms. The first-order valence-corrected chi connectivity index (χ1v) is 11.2. The Hall–Kier alpha value is -3.41. The van der Waals surface area contributed by atoms with Gasteiger partial charge in [0.25, 0.3) is 0 Å². The number of hydrogen-bond acceptors (Lipinski definition) is 5. The fourth-order valence-corrected chi connectivity index (χ4v) is 4.64. The summed E-state index contributed by atoms with van der Waals surface area (Å²) in [6.07, 6.45) is 0.802. The molecule has 1 fully saturated rings. The van der Waals surface area contributed by atoms with Crippen molar-refractivity contribution in [2.75, 3.05) is 20.3 Å². The summed E-state index contributed by atoms with van der Waals surface area (Å²) in [6.45, 7) is 9.79. The van der Waals surface area contributed by atoms with E-state index in [4.69, 9.17) is 9.47 Å². The van der Waals surface area contributed by atoms with E-state index in [1.165, 1.54) is 7.11 Å². The molecular formula is C28H32N2O3. The summed E-state index contributed by atoms with van der Waals surface area (Å²) in [5.74, 6) is -0.775. The molecule has 5 nitrogen and oxygen atoms in total. The zero-order valence-corrected chi connectivity index (χ0v) is 19.7. The second-order valence-corrected chi connectivity index (χ2v) is 8.19. The number of allylic oxidation sites excluding steroid dienone is 1. The number of esters is 1. The fourth-order valence-electron chi connectivity index (χ4n) is 4.64. The molecule has 33 heavy (non-hydrogen) atoms. The maximum absolute atomic E-state index is 13.3. The van der Waals surface area contributed by atoms with Crippen molar-refractivity contribution in [3.63, 3.8) is 0 Å². The van der Waals surface area contributed by atoms with Gasteiger partial charge in [-0.2, -0.15) is 10.5 Å². The first-order chi connectivity index (χ1) is 15.9. The number of ether oxygens (including phenoxy) is 2. The molecule has 2 atom stereocenters. The Bertz CT molecular complexity index is 989. The van der Waals surface area contributed by atoms with E-state index < -0.39 is 16.7 Å². The van der Waals surface area contributed by atoms with Gasteiger partial charge < -0.3 is 9.47 Å². The molecular weight excluding hydrogens is 412 g/mol. The highest BCUT2D eigenvalue weighted by atomic mass is 16.5. The number of carbonyl (C=O) groups excluding carboxylic acids is 1. The third-order valence-electron chi connectivity index (χ3n) is 6.10. The lowest BCUT2D eigenvalue weighted by Crippen LogP contribution is -2.43. The van der Waals surface area contributed by atoms with Gasteiger partial charge in [0.2, 0.25) is 0 Å². The maximum Gasteiger partial charge on any atom is 0.317 e. The van der Waals surface area contributed by atoms with E-state index in [1.54, 1.807) is 0 Å². The third kappa shape index (κ3) is 5.69. The number of benzene rings is 2. The molecule has 0 amide bonds. The van der Waals surface area contributed by atoms with Gasteiger partial charge in [0, 0.05) is 19.1 Å². The summed E-state index contributed by atoms with van der Waals surface area (Å²) < 4.78 is 10.1. The van der Waals surface area contributed by atoms with Crippen molar-refractivity contribution in [2.24, 2.45) is 5.41 Å². The molecule has 0 saturated heterocycles. The number of rotatable bonds is 5. The highest BCUT2D eigenvalue weighted by molar-refractivity contribution is 5.85. The van der Waals surface area contributed by atoms with Crippen LogP contribution in [0.5, 0.6) is 0 Å². The molecule has 0 radical (unpaired) electrons. The molecule has 2 aromatic carbocycles. The van der Waals surface area contributed by atoms with Crippen LogP contribution in [0.2, 0.25) is 0 Å². The van der Waals surface area contributed by atoms with E-state index in [-0.39, 0.29) is 18.8 Å². The minimum absolute atomic E-state index is 0.229. The zero-order chi connectivity index (χ0) is 24.3. The van der Waals surface area contributed by atoms with Gasteiger partial charge in [-0.15, -0.1) is 0 Å². The molecule has 1 aliphatic rings. The highest BCUT2D eigenvalue weighted by Crippen LogP contribution is 2.54. The van der Waals surface area contributed by atoms with Crippen LogP contribution >= 0.6 is 0 Å². The molecule has 0 N–H and O–H groups in total. The standard InChI is InChI=1S/C24H22N2O2.C4H10O/c1-18-13-23(16-25,17-26)15-21(19-9-5-3-6-10-19)24(14-18,22(27)28-2)20-11-7-4-8-12-20;1-3-5-4-2/h3-12,21H,1,13-15H2,2H3;3-4H2,1-2H3/t21-,24-;/m0./s1. The van der Waals surface area contributed by atoms with Gasteiger partial charge in [-0.3, -0.25) is 4.79 Å². The van der Waals surface area contributed by atoms with Crippen LogP contribution in [0, 0.1) is 28.1 Å². The molecule has 0 heterocycles. The van der Waals surface area contributed by atoms with Gasteiger partial charge in [-0.25, -0.2) is 0 Å².